The summed E-state index contributed by atoms with van der Waals surface area (Å²) in [7, 11) is 0. The fourth-order valence-electron chi connectivity index (χ4n) is 4.20. The fraction of sp³-hybridized carbons (Fsp3) is 0.115. The maximum Gasteiger partial charge on any atom is 0.255 e. The SMILES string of the molecule is Cc1nc(N)nc(-n2c(Nc3ccc(NC(=O)c4ccc5c(c4)CCO5)cc3)nc3ccccc32)n1. The number of anilines is 4. The van der Waals surface area contributed by atoms with Crippen LogP contribution < -0.4 is 21.1 Å². The Hall–Kier alpha value is -4.99. The third-order valence-electron chi connectivity index (χ3n) is 5.86. The van der Waals surface area contributed by atoms with Gasteiger partial charge in [-0.1, -0.05) is 12.1 Å². The van der Waals surface area contributed by atoms with E-state index < -0.39 is 0 Å². The molecule has 0 radical (unpaired) electrons. The number of nitrogens with two attached hydrogens (primary N) is 1. The highest BCUT2D eigenvalue weighted by Crippen LogP contribution is 2.28. The number of aromatic nitrogens is 5. The molecule has 0 fully saturated rings. The van der Waals surface area contributed by atoms with Crippen LogP contribution in [0, 0.1) is 6.92 Å². The Kier molecular flexibility index (Phi) is 5.18. The normalized spacial score (nSPS) is 12.2. The molecule has 3 heterocycles. The molecule has 0 unspecified atom stereocenters. The second-order valence-corrected chi connectivity index (χ2v) is 8.38. The van der Waals surface area contributed by atoms with Gasteiger partial charge < -0.3 is 21.1 Å². The van der Waals surface area contributed by atoms with E-state index in [2.05, 4.69) is 25.6 Å². The monoisotopic (exact) mass is 478 g/mol. The van der Waals surface area contributed by atoms with Gasteiger partial charge >= 0.3 is 0 Å². The van der Waals surface area contributed by atoms with Crippen LogP contribution in [0.5, 0.6) is 5.75 Å². The maximum absolute atomic E-state index is 12.7. The van der Waals surface area contributed by atoms with Crippen molar-refractivity contribution in [3.8, 4) is 11.7 Å². The number of nitrogen functional groups attached to an aromatic ring is 1. The van der Waals surface area contributed by atoms with E-state index in [0.717, 1.165) is 34.5 Å². The van der Waals surface area contributed by atoms with Crippen LogP contribution in [-0.2, 0) is 6.42 Å². The van der Waals surface area contributed by atoms with Gasteiger partial charge in [-0.15, -0.1) is 0 Å². The minimum Gasteiger partial charge on any atom is -0.493 e. The van der Waals surface area contributed by atoms with Crippen molar-refractivity contribution in [1.29, 1.82) is 0 Å². The Morgan fingerprint density at radius 3 is 2.61 bits per heavy atom. The summed E-state index contributed by atoms with van der Waals surface area (Å²) in [5.41, 5.74) is 10.6. The number of carbonyl (C=O) groups is 1. The van der Waals surface area contributed by atoms with Crippen molar-refractivity contribution in [1.82, 2.24) is 24.5 Å². The predicted molar refractivity (Wildman–Crippen MR) is 137 cm³/mol. The van der Waals surface area contributed by atoms with Gasteiger partial charge in [-0.3, -0.25) is 4.79 Å². The lowest BCUT2D eigenvalue weighted by Gasteiger charge is -2.11. The smallest absolute Gasteiger partial charge is 0.255 e. The van der Waals surface area contributed by atoms with Gasteiger partial charge in [0.25, 0.3) is 5.91 Å². The zero-order valence-electron chi connectivity index (χ0n) is 19.4. The highest BCUT2D eigenvalue weighted by atomic mass is 16.5. The molecule has 0 bridgehead atoms. The summed E-state index contributed by atoms with van der Waals surface area (Å²) in [5.74, 6) is 2.23. The number of nitrogens with one attached hydrogen (secondary N) is 2. The summed E-state index contributed by atoms with van der Waals surface area (Å²) in [6.07, 6.45) is 0.818. The first-order valence-corrected chi connectivity index (χ1v) is 11.4. The molecule has 0 aliphatic carbocycles. The maximum atomic E-state index is 12.7. The average Bonchev–Trinajstić information content (AvgIpc) is 3.48. The number of carbonyl (C=O) groups excluding carboxylic acids is 1. The summed E-state index contributed by atoms with van der Waals surface area (Å²) in [6.45, 7) is 2.42. The number of ether oxygens (including phenoxy) is 1. The third kappa shape index (κ3) is 4.05. The van der Waals surface area contributed by atoms with Gasteiger partial charge in [-0.2, -0.15) is 15.0 Å². The van der Waals surface area contributed by atoms with E-state index in [1.165, 1.54) is 0 Å². The molecule has 10 heteroatoms. The van der Waals surface area contributed by atoms with E-state index in [-0.39, 0.29) is 11.9 Å². The van der Waals surface area contributed by atoms with Gasteiger partial charge in [0, 0.05) is 23.4 Å². The fourth-order valence-corrected chi connectivity index (χ4v) is 4.20. The lowest BCUT2D eigenvalue weighted by Crippen LogP contribution is -2.12. The molecule has 178 valence electrons. The zero-order valence-corrected chi connectivity index (χ0v) is 19.4. The van der Waals surface area contributed by atoms with Crippen molar-refractivity contribution in [3.63, 3.8) is 0 Å². The zero-order chi connectivity index (χ0) is 24.6. The molecule has 2 aromatic heterocycles. The molecule has 4 N–H and O–H groups in total. The van der Waals surface area contributed by atoms with E-state index in [4.69, 9.17) is 15.5 Å². The van der Waals surface area contributed by atoms with Gasteiger partial charge in [-0.05, 0) is 67.1 Å². The van der Waals surface area contributed by atoms with Gasteiger partial charge in [0.2, 0.25) is 17.8 Å². The van der Waals surface area contributed by atoms with Crippen LogP contribution in [0.1, 0.15) is 21.7 Å². The lowest BCUT2D eigenvalue weighted by molar-refractivity contribution is 0.102. The minimum atomic E-state index is -0.171. The molecule has 0 atom stereocenters. The number of nitrogens with zero attached hydrogens (tertiary/aromatic N) is 5. The van der Waals surface area contributed by atoms with Crippen LogP contribution in [0.2, 0.25) is 0 Å². The van der Waals surface area contributed by atoms with Crippen LogP contribution in [0.4, 0.5) is 23.3 Å². The molecule has 36 heavy (non-hydrogen) atoms. The molecule has 1 aliphatic rings. The molecule has 10 nitrogen and oxygen atoms in total. The number of fused-ring (bicyclic) bond motifs is 2. The van der Waals surface area contributed by atoms with Gasteiger partial charge in [0.05, 0.1) is 17.6 Å². The molecular formula is C26H22N8O2. The number of rotatable bonds is 5. The first-order chi connectivity index (χ1) is 17.5. The molecule has 5 aromatic rings. The largest absolute Gasteiger partial charge is 0.493 e. The average molecular weight is 479 g/mol. The molecule has 1 aliphatic heterocycles. The highest BCUT2D eigenvalue weighted by Gasteiger charge is 2.17. The first kappa shape index (κ1) is 21.5. The molecule has 3 aromatic carbocycles. The summed E-state index contributed by atoms with van der Waals surface area (Å²) >= 11 is 0. The number of benzene rings is 3. The van der Waals surface area contributed by atoms with Gasteiger partial charge in [0.1, 0.15) is 11.6 Å². The Morgan fingerprint density at radius 2 is 1.78 bits per heavy atom. The number of hydrogen-bond donors (Lipinski definition) is 3. The Balaban J connectivity index is 1.25. The van der Waals surface area contributed by atoms with Crippen molar-refractivity contribution in [2.45, 2.75) is 13.3 Å². The quantitative estimate of drug-likeness (QED) is 0.345. The number of para-hydroxylation sites is 2. The highest BCUT2D eigenvalue weighted by molar-refractivity contribution is 6.04. The third-order valence-corrected chi connectivity index (χ3v) is 5.86. The van der Waals surface area contributed by atoms with Crippen LogP contribution in [-0.4, -0.2) is 37.0 Å². The van der Waals surface area contributed by atoms with Crippen molar-refractivity contribution in [2.75, 3.05) is 23.0 Å². The molecule has 1 amide bonds. The molecule has 0 spiro atoms. The van der Waals surface area contributed by atoms with E-state index in [0.29, 0.717) is 35.6 Å². The van der Waals surface area contributed by atoms with Crippen molar-refractivity contribution >= 4 is 40.2 Å². The van der Waals surface area contributed by atoms with Crippen molar-refractivity contribution < 1.29 is 9.53 Å². The van der Waals surface area contributed by atoms with E-state index in [1.54, 1.807) is 17.6 Å². The van der Waals surface area contributed by atoms with Crippen LogP contribution in [0.25, 0.3) is 17.0 Å². The van der Waals surface area contributed by atoms with Gasteiger partial charge in [0.15, 0.2) is 0 Å². The minimum absolute atomic E-state index is 0.136. The second-order valence-electron chi connectivity index (χ2n) is 8.38. The predicted octanol–water partition coefficient (Wildman–Crippen LogP) is 4.03. The van der Waals surface area contributed by atoms with Crippen LogP contribution >= 0.6 is 0 Å². The summed E-state index contributed by atoms with van der Waals surface area (Å²) in [6, 6.07) is 20.6. The van der Waals surface area contributed by atoms with E-state index in [1.807, 2.05) is 60.7 Å². The van der Waals surface area contributed by atoms with Crippen LogP contribution in [0.15, 0.2) is 66.7 Å². The Morgan fingerprint density at radius 1 is 0.972 bits per heavy atom. The summed E-state index contributed by atoms with van der Waals surface area (Å²) < 4.78 is 7.32. The summed E-state index contributed by atoms with van der Waals surface area (Å²) in [4.78, 5) is 30.3. The van der Waals surface area contributed by atoms with Gasteiger partial charge in [-0.25, -0.2) is 9.55 Å². The number of amides is 1. The number of hydrogen-bond acceptors (Lipinski definition) is 8. The molecule has 0 saturated heterocycles. The Bertz CT molecular complexity index is 1590. The van der Waals surface area contributed by atoms with Crippen molar-refractivity contribution in [2.24, 2.45) is 0 Å². The Labute approximate surface area is 206 Å². The molecular weight excluding hydrogens is 456 g/mol. The van der Waals surface area contributed by atoms with Crippen molar-refractivity contribution in [3.05, 3.63) is 83.7 Å². The lowest BCUT2D eigenvalue weighted by atomic mass is 10.1. The first-order valence-electron chi connectivity index (χ1n) is 11.4. The number of imidazole rings is 1. The second kappa shape index (κ2) is 8.66. The number of aryl methyl sites for hydroxylation is 1. The van der Waals surface area contributed by atoms with E-state index >= 15 is 0 Å². The summed E-state index contributed by atoms with van der Waals surface area (Å²) in [5, 5.41) is 6.27. The standard InChI is InChI=1S/C26H22N8O2/c1-15-28-24(27)33-25(29-15)34-21-5-3-2-4-20(21)32-26(34)31-19-9-7-18(8-10-19)30-23(35)17-6-11-22-16(14-17)12-13-36-22/h2-11,14H,12-13H2,1H3,(H,30,35)(H,31,32)(H2,27,28,29,33). The molecule has 0 saturated carbocycles. The van der Waals surface area contributed by atoms with E-state index in [9.17, 15) is 4.79 Å². The molecule has 6 rings (SSSR count). The van der Waals surface area contributed by atoms with Crippen LogP contribution in [0.3, 0.4) is 0 Å². The topological polar surface area (TPSA) is 133 Å².